The number of carbonyl (C=O) groups is 1. The molecule has 1 aliphatic rings. The molecule has 0 spiro atoms. The van der Waals surface area contributed by atoms with Crippen molar-refractivity contribution in [2.45, 2.75) is 25.0 Å². The smallest absolute Gasteiger partial charge is 0.269 e. The van der Waals surface area contributed by atoms with Crippen molar-refractivity contribution in [1.29, 1.82) is 0 Å². The molecule has 1 unspecified atom stereocenters. The summed E-state index contributed by atoms with van der Waals surface area (Å²) in [6, 6.07) is 4.14. The van der Waals surface area contributed by atoms with E-state index in [0.717, 1.165) is 22.6 Å². The zero-order chi connectivity index (χ0) is 11.0. The maximum Gasteiger partial charge on any atom is 0.269 e. The zero-order valence-electron chi connectivity index (χ0n) is 8.74. The largest absolute Gasteiger partial charge is 0.469 e. The third kappa shape index (κ3) is 1.95. The lowest BCUT2D eigenvalue weighted by atomic mass is 10.1. The molecule has 2 N–H and O–H groups in total. The van der Waals surface area contributed by atoms with Crippen LogP contribution in [0, 0.1) is 13.8 Å². The van der Waals surface area contributed by atoms with Gasteiger partial charge in [0.05, 0.1) is 0 Å². The first-order valence-electron chi connectivity index (χ1n) is 4.75. The number of amides is 1. The highest BCUT2D eigenvalue weighted by atomic mass is 32.2. The highest BCUT2D eigenvalue weighted by Crippen LogP contribution is 2.36. The van der Waals surface area contributed by atoms with Gasteiger partial charge in [0.1, 0.15) is 5.75 Å². The molecule has 0 radical (unpaired) electrons. The molecule has 80 valence electrons. The van der Waals surface area contributed by atoms with Crippen molar-refractivity contribution < 1.29 is 9.53 Å². The summed E-state index contributed by atoms with van der Waals surface area (Å²) in [7, 11) is 0. The predicted octanol–water partition coefficient (Wildman–Crippen LogP) is 1.74. The predicted molar refractivity (Wildman–Crippen MR) is 60.8 cm³/mol. The van der Waals surface area contributed by atoms with Gasteiger partial charge in [0.25, 0.3) is 5.91 Å². The van der Waals surface area contributed by atoms with Gasteiger partial charge < -0.3 is 10.5 Å². The SMILES string of the molecule is Cc1cc(C)c2c(c1)CSC(C(N)=O)O2. The number of hydrogen-bond acceptors (Lipinski definition) is 3. The Morgan fingerprint density at radius 3 is 2.93 bits per heavy atom. The van der Waals surface area contributed by atoms with E-state index in [1.165, 1.54) is 17.3 Å². The molecule has 2 rings (SSSR count). The number of carbonyl (C=O) groups excluding carboxylic acids is 1. The maximum absolute atomic E-state index is 11.0. The van der Waals surface area contributed by atoms with Gasteiger partial charge in [0.2, 0.25) is 5.44 Å². The normalized spacial score (nSPS) is 19.2. The lowest BCUT2D eigenvalue weighted by molar-refractivity contribution is -0.121. The van der Waals surface area contributed by atoms with Crippen LogP contribution in [-0.4, -0.2) is 11.3 Å². The van der Waals surface area contributed by atoms with Crippen molar-refractivity contribution in [3.05, 3.63) is 28.8 Å². The van der Waals surface area contributed by atoms with E-state index in [0.29, 0.717) is 0 Å². The van der Waals surface area contributed by atoms with Crippen LogP contribution in [0.3, 0.4) is 0 Å². The molecule has 15 heavy (non-hydrogen) atoms. The first-order chi connectivity index (χ1) is 7.08. The van der Waals surface area contributed by atoms with Crippen LogP contribution in [0.25, 0.3) is 0 Å². The summed E-state index contributed by atoms with van der Waals surface area (Å²) in [5, 5.41) is 0. The standard InChI is InChI=1S/C11H13NO2S/c1-6-3-7(2)9-8(4-6)5-15-11(14-9)10(12)13/h3-4,11H,5H2,1-2H3,(H2,12,13). The van der Waals surface area contributed by atoms with Crippen molar-refractivity contribution in [1.82, 2.24) is 0 Å². The van der Waals surface area contributed by atoms with Crippen LogP contribution in [0.4, 0.5) is 0 Å². The van der Waals surface area contributed by atoms with E-state index in [9.17, 15) is 4.79 Å². The summed E-state index contributed by atoms with van der Waals surface area (Å²) < 4.78 is 5.57. The molecular weight excluding hydrogens is 210 g/mol. The second-order valence-electron chi connectivity index (χ2n) is 3.73. The van der Waals surface area contributed by atoms with E-state index < -0.39 is 11.3 Å². The van der Waals surface area contributed by atoms with E-state index >= 15 is 0 Å². The summed E-state index contributed by atoms with van der Waals surface area (Å²) in [5.74, 6) is 1.19. The van der Waals surface area contributed by atoms with Gasteiger partial charge in [-0.05, 0) is 19.4 Å². The van der Waals surface area contributed by atoms with E-state index in [1.54, 1.807) is 0 Å². The van der Waals surface area contributed by atoms with Crippen LogP contribution in [0.15, 0.2) is 12.1 Å². The number of nitrogens with two attached hydrogens (primary N) is 1. The van der Waals surface area contributed by atoms with Gasteiger partial charge in [-0.15, -0.1) is 11.8 Å². The van der Waals surface area contributed by atoms with Crippen molar-refractivity contribution in [2.24, 2.45) is 5.73 Å². The van der Waals surface area contributed by atoms with Gasteiger partial charge in [-0.2, -0.15) is 0 Å². The molecule has 0 fully saturated rings. The number of fused-ring (bicyclic) bond motifs is 1. The van der Waals surface area contributed by atoms with Crippen LogP contribution in [0.5, 0.6) is 5.75 Å². The third-order valence-electron chi connectivity index (χ3n) is 2.34. The van der Waals surface area contributed by atoms with E-state index in [1.807, 2.05) is 13.0 Å². The number of benzene rings is 1. The average molecular weight is 223 g/mol. The second-order valence-corrected chi connectivity index (χ2v) is 4.78. The van der Waals surface area contributed by atoms with Crippen molar-refractivity contribution in [3.63, 3.8) is 0 Å². The number of primary amides is 1. The molecular formula is C11H13NO2S. The maximum atomic E-state index is 11.0. The molecule has 0 aromatic heterocycles. The minimum atomic E-state index is -0.543. The molecule has 1 heterocycles. The fourth-order valence-electron chi connectivity index (χ4n) is 1.76. The quantitative estimate of drug-likeness (QED) is 0.789. The van der Waals surface area contributed by atoms with E-state index in [-0.39, 0.29) is 0 Å². The summed E-state index contributed by atoms with van der Waals surface area (Å²) in [4.78, 5) is 11.0. The Bertz CT molecular complexity index is 417. The number of hydrogen-bond donors (Lipinski definition) is 1. The first kappa shape index (κ1) is 10.4. The monoisotopic (exact) mass is 223 g/mol. The second kappa shape index (κ2) is 3.77. The molecule has 0 bridgehead atoms. The first-order valence-corrected chi connectivity index (χ1v) is 5.80. The summed E-state index contributed by atoms with van der Waals surface area (Å²) >= 11 is 1.43. The lowest BCUT2D eigenvalue weighted by Crippen LogP contribution is -2.33. The van der Waals surface area contributed by atoms with E-state index in [4.69, 9.17) is 10.5 Å². The molecule has 1 aromatic rings. The van der Waals surface area contributed by atoms with Crippen molar-refractivity contribution in [3.8, 4) is 5.75 Å². The van der Waals surface area contributed by atoms with Gasteiger partial charge in [0.15, 0.2) is 0 Å². The molecule has 0 saturated carbocycles. The summed E-state index contributed by atoms with van der Waals surface area (Å²) in [6.45, 7) is 4.04. The Hall–Kier alpha value is -1.16. The van der Waals surface area contributed by atoms with Crippen molar-refractivity contribution >= 4 is 17.7 Å². The topological polar surface area (TPSA) is 52.3 Å². The third-order valence-corrected chi connectivity index (χ3v) is 3.45. The number of rotatable bonds is 1. The molecule has 3 nitrogen and oxygen atoms in total. The van der Waals surface area contributed by atoms with Crippen LogP contribution in [-0.2, 0) is 10.5 Å². The van der Waals surface area contributed by atoms with Crippen LogP contribution in [0.2, 0.25) is 0 Å². The molecule has 0 saturated heterocycles. The Morgan fingerprint density at radius 1 is 1.53 bits per heavy atom. The number of aryl methyl sites for hydroxylation is 2. The Labute approximate surface area is 93.0 Å². The Kier molecular flexibility index (Phi) is 2.61. The zero-order valence-corrected chi connectivity index (χ0v) is 9.56. The molecule has 0 aliphatic carbocycles. The van der Waals surface area contributed by atoms with Crippen LogP contribution >= 0.6 is 11.8 Å². The Balaban J connectivity index is 2.37. The summed E-state index contributed by atoms with van der Waals surface area (Å²) in [5.41, 5.74) is 8.11. The number of thioether (sulfide) groups is 1. The molecule has 1 amide bonds. The average Bonchev–Trinajstić information content (AvgIpc) is 2.16. The molecule has 1 atom stereocenters. The number of ether oxygens (including phenoxy) is 1. The van der Waals surface area contributed by atoms with Gasteiger partial charge in [-0.1, -0.05) is 17.7 Å². The van der Waals surface area contributed by atoms with Gasteiger partial charge in [0, 0.05) is 11.3 Å². The molecule has 1 aromatic carbocycles. The minimum absolute atomic E-state index is 0.411. The summed E-state index contributed by atoms with van der Waals surface area (Å²) in [6.07, 6.45) is 0. The highest BCUT2D eigenvalue weighted by molar-refractivity contribution is 7.99. The fraction of sp³-hybridized carbons (Fsp3) is 0.364. The fourth-order valence-corrected chi connectivity index (χ4v) is 2.64. The van der Waals surface area contributed by atoms with Crippen LogP contribution in [0.1, 0.15) is 16.7 Å². The van der Waals surface area contributed by atoms with Crippen LogP contribution < -0.4 is 10.5 Å². The highest BCUT2D eigenvalue weighted by Gasteiger charge is 2.25. The lowest BCUT2D eigenvalue weighted by Gasteiger charge is -2.25. The van der Waals surface area contributed by atoms with Gasteiger partial charge >= 0.3 is 0 Å². The van der Waals surface area contributed by atoms with Crippen molar-refractivity contribution in [2.75, 3.05) is 0 Å². The van der Waals surface area contributed by atoms with Gasteiger partial charge in [-0.3, -0.25) is 4.79 Å². The molecule has 4 heteroatoms. The van der Waals surface area contributed by atoms with E-state index in [2.05, 4.69) is 13.0 Å². The Morgan fingerprint density at radius 2 is 2.27 bits per heavy atom. The van der Waals surface area contributed by atoms with Gasteiger partial charge in [-0.25, -0.2) is 0 Å². The minimum Gasteiger partial charge on any atom is -0.469 e. The molecule has 1 aliphatic heterocycles.